The first-order valence-corrected chi connectivity index (χ1v) is 4.35. The smallest absolute Gasteiger partial charge is 0.319 e. The van der Waals surface area contributed by atoms with Gasteiger partial charge in [-0.05, 0) is 31.2 Å². The average Bonchev–Trinajstić information content (AvgIpc) is 2.09. The van der Waals surface area contributed by atoms with Gasteiger partial charge < -0.3 is 5.73 Å². The van der Waals surface area contributed by atoms with Gasteiger partial charge in [0, 0.05) is 17.3 Å². The summed E-state index contributed by atoms with van der Waals surface area (Å²) >= 11 is 5.70. The molecule has 0 aliphatic heterocycles. The maximum absolute atomic E-state index is 10.9. The van der Waals surface area contributed by atoms with Crippen molar-refractivity contribution in [2.45, 2.75) is 6.92 Å². The van der Waals surface area contributed by atoms with E-state index < -0.39 is 6.03 Å². The second-order valence-corrected chi connectivity index (χ2v) is 3.00. The summed E-state index contributed by atoms with van der Waals surface area (Å²) in [5.41, 5.74) is 5.93. The second-order valence-electron chi connectivity index (χ2n) is 2.56. The highest BCUT2D eigenvalue weighted by Gasteiger charge is 2.08. The van der Waals surface area contributed by atoms with Gasteiger partial charge in [-0.15, -0.1) is 0 Å². The van der Waals surface area contributed by atoms with Crippen molar-refractivity contribution in [2.75, 3.05) is 11.4 Å². The lowest BCUT2D eigenvalue weighted by atomic mass is 10.3. The van der Waals surface area contributed by atoms with Crippen LogP contribution in [-0.2, 0) is 0 Å². The minimum atomic E-state index is -0.454. The highest BCUT2D eigenvalue weighted by atomic mass is 35.5. The highest BCUT2D eigenvalue weighted by Crippen LogP contribution is 2.17. The first-order chi connectivity index (χ1) is 6.15. The van der Waals surface area contributed by atoms with Crippen molar-refractivity contribution in [1.29, 1.82) is 0 Å². The molecule has 0 saturated carbocycles. The monoisotopic (exact) mass is 198 g/mol. The molecule has 13 heavy (non-hydrogen) atoms. The van der Waals surface area contributed by atoms with Crippen LogP contribution in [0.25, 0.3) is 0 Å². The Bertz CT molecular complexity index is 297. The molecule has 0 aromatic heterocycles. The number of rotatable bonds is 2. The number of carbonyl (C=O) groups is 1. The molecule has 4 heteroatoms. The fraction of sp³-hybridized carbons (Fsp3) is 0.222. The van der Waals surface area contributed by atoms with E-state index in [2.05, 4.69) is 0 Å². The normalized spacial score (nSPS) is 9.69. The molecule has 2 N–H and O–H groups in total. The Morgan fingerprint density at radius 1 is 1.46 bits per heavy atom. The summed E-state index contributed by atoms with van der Waals surface area (Å²) in [6, 6.07) is 6.52. The lowest BCUT2D eigenvalue weighted by molar-refractivity contribution is 0.254. The third-order valence-corrected chi connectivity index (χ3v) is 1.97. The third kappa shape index (κ3) is 2.36. The first-order valence-electron chi connectivity index (χ1n) is 3.97. The van der Waals surface area contributed by atoms with Crippen LogP contribution in [0.1, 0.15) is 6.92 Å². The van der Waals surface area contributed by atoms with Gasteiger partial charge >= 0.3 is 6.03 Å². The summed E-state index contributed by atoms with van der Waals surface area (Å²) in [5.74, 6) is 0. The van der Waals surface area contributed by atoms with Crippen LogP contribution in [-0.4, -0.2) is 12.6 Å². The SMILES string of the molecule is CCN(C(N)=O)c1ccc(Cl)cc1. The van der Waals surface area contributed by atoms with E-state index in [1.165, 1.54) is 4.90 Å². The zero-order valence-electron chi connectivity index (χ0n) is 7.33. The fourth-order valence-corrected chi connectivity index (χ4v) is 1.21. The number of urea groups is 1. The number of benzene rings is 1. The Kier molecular flexibility index (Phi) is 3.14. The number of hydrogen-bond donors (Lipinski definition) is 1. The summed E-state index contributed by atoms with van der Waals surface area (Å²) in [6.07, 6.45) is 0. The van der Waals surface area contributed by atoms with Gasteiger partial charge in [0.15, 0.2) is 0 Å². The molecular formula is C9H11ClN2O. The van der Waals surface area contributed by atoms with E-state index in [0.717, 1.165) is 5.69 Å². The molecule has 0 bridgehead atoms. The Labute approximate surface area is 82.1 Å². The van der Waals surface area contributed by atoms with E-state index in [9.17, 15) is 4.79 Å². The van der Waals surface area contributed by atoms with E-state index >= 15 is 0 Å². The number of amides is 2. The van der Waals surface area contributed by atoms with Gasteiger partial charge in [0.1, 0.15) is 0 Å². The maximum Gasteiger partial charge on any atom is 0.319 e. The van der Waals surface area contributed by atoms with Crippen LogP contribution in [0.5, 0.6) is 0 Å². The van der Waals surface area contributed by atoms with Gasteiger partial charge in [0.2, 0.25) is 0 Å². The summed E-state index contributed by atoms with van der Waals surface area (Å²) in [6.45, 7) is 2.41. The lowest BCUT2D eigenvalue weighted by Crippen LogP contribution is -2.35. The van der Waals surface area contributed by atoms with E-state index in [-0.39, 0.29) is 0 Å². The van der Waals surface area contributed by atoms with Crippen LogP contribution < -0.4 is 10.6 Å². The zero-order chi connectivity index (χ0) is 9.84. The molecule has 0 heterocycles. The molecule has 0 spiro atoms. The van der Waals surface area contributed by atoms with Crippen molar-refractivity contribution in [3.63, 3.8) is 0 Å². The van der Waals surface area contributed by atoms with Crippen molar-refractivity contribution in [2.24, 2.45) is 5.73 Å². The molecule has 0 unspecified atom stereocenters. The number of anilines is 1. The molecule has 1 rings (SSSR count). The molecule has 1 aromatic carbocycles. The molecule has 0 atom stereocenters. The van der Waals surface area contributed by atoms with Crippen LogP contribution in [0.4, 0.5) is 10.5 Å². The number of halogens is 1. The van der Waals surface area contributed by atoms with Crippen molar-refractivity contribution in [3.8, 4) is 0 Å². The molecule has 2 amide bonds. The summed E-state index contributed by atoms with van der Waals surface area (Å²) < 4.78 is 0. The van der Waals surface area contributed by atoms with Crippen LogP contribution in [0.15, 0.2) is 24.3 Å². The second kappa shape index (κ2) is 4.14. The summed E-state index contributed by atoms with van der Waals surface area (Å²) in [4.78, 5) is 12.4. The molecule has 0 fully saturated rings. The molecule has 0 aliphatic carbocycles. The fourth-order valence-electron chi connectivity index (χ4n) is 1.09. The number of nitrogens with zero attached hydrogens (tertiary/aromatic N) is 1. The standard InChI is InChI=1S/C9H11ClN2O/c1-2-12(9(11)13)8-5-3-7(10)4-6-8/h3-6H,2H2,1H3,(H2,11,13). The largest absolute Gasteiger partial charge is 0.351 e. The molecule has 0 aliphatic rings. The topological polar surface area (TPSA) is 46.3 Å². The van der Waals surface area contributed by atoms with E-state index in [1.807, 2.05) is 6.92 Å². The highest BCUT2D eigenvalue weighted by molar-refractivity contribution is 6.30. The molecular weight excluding hydrogens is 188 g/mol. The third-order valence-electron chi connectivity index (χ3n) is 1.72. The van der Waals surface area contributed by atoms with Crippen molar-refractivity contribution in [3.05, 3.63) is 29.3 Å². The Balaban J connectivity index is 2.92. The maximum atomic E-state index is 10.9. The van der Waals surface area contributed by atoms with Crippen molar-refractivity contribution < 1.29 is 4.79 Å². The van der Waals surface area contributed by atoms with Crippen LogP contribution in [0.3, 0.4) is 0 Å². The zero-order valence-corrected chi connectivity index (χ0v) is 8.08. The van der Waals surface area contributed by atoms with Gasteiger partial charge in [-0.25, -0.2) is 4.79 Å². The number of carbonyl (C=O) groups excluding carboxylic acids is 1. The molecule has 1 aromatic rings. The van der Waals surface area contributed by atoms with Crippen LogP contribution in [0, 0.1) is 0 Å². The molecule has 3 nitrogen and oxygen atoms in total. The quantitative estimate of drug-likeness (QED) is 0.779. The van der Waals surface area contributed by atoms with Crippen LogP contribution >= 0.6 is 11.6 Å². The van der Waals surface area contributed by atoms with Crippen LogP contribution in [0.2, 0.25) is 5.02 Å². The van der Waals surface area contributed by atoms with E-state index in [0.29, 0.717) is 11.6 Å². The molecule has 0 saturated heterocycles. The Hall–Kier alpha value is -1.22. The minimum absolute atomic E-state index is 0.454. The lowest BCUT2D eigenvalue weighted by Gasteiger charge is -2.17. The number of hydrogen-bond acceptors (Lipinski definition) is 1. The Morgan fingerprint density at radius 3 is 2.38 bits per heavy atom. The number of primary amides is 1. The average molecular weight is 199 g/mol. The summed E-state index contributed by atoms with van der Waals surface area (Å²) in [5, 5.41) is 0.643. The van der Waals surface area contributed by atoms with Gasteiger partial charge in [0.05, 0.1) is 0 Å². The van der Waals surface area contributed by atoms with Crippen molar-refractivity contribution >= 4 is 23.3 Å². The molecule has 70 valence electrons. The predicted octanol–water partition coefficient (Wildman–Crippen LogP) is 2.25. The van der Waals surface area contributed by atoms with Gasteiger partial charge in [-0.1, -0.05) is 11.6 Å². The van der Waals surface area contributed by atoms with E-state index in [1.54, 1.807) is 24.3 Å². The minimum Gasteiger partial charge on any atom is -0.351 e. The van der Waals surface area contributed by atoms with E-state index in [4.69, 9.17) is 17.3 Å². The molecule has 0 radical (unpaired) electrons. The van der Waals surface area contributed by atoms with Gasteiger partial charge in [-0.3, -0.25) is 4.90 Å². The number of nitrogens with two attached hydrogens (primary N) is 1. The summed E-state index contributed by atoms with van der Waals surface area (Å²) in [7, 11) is 0. The predicted molar refractivity (Wildman–Crippen MR) is 54.1 cm³/mol. The first kappa shape index (κ1) is 9.86. The van der Waals surface area contributed by atoms with Gasteiger partial charge in [-0.2, -0.15) is 0 Å². The van der Waals surface area contributed by atoms with Crippen molar-refractivity contribution in [1.82, 2.24) is 0 Å². The van der Waals surface area contributed by atoms with Gasteiger partial charge in [0.25, 0.3) is 0 Å². The Morgan fingerprint density at radius 2 is 2.00 bits per heavy atom.